The molecule has 16 heavy (non-hydrogen) atoms. The number of aromatic hydroxyl groups is 1. The van der Waals surface area contributed by atoms with Gasteiger partial charge in [-0.2, -0.15) is 10.1 Å². The predicted molar refractivity (Wildman–Crippen MR) is 68.0 cm³/mol. The predicted octanol–water partition coefficient (Wildman–Crippen LogP) is 2.23. The largest absolute Gasteiger partial charge is 0.479 e. The summed E-state index contributed by atoms with van der Waals surface area (Å²) in [6.07, 6.45) is 3.45. The Kier molecular flexibility index (Phi) is 3.08. The number of halogens is 1. The average Bonchev–Trinajstić information content (AvgIpc) is 2.60. The molecule has 6 heteroatoms. The van der Waals surface area contributed by atoms with E-state index < -0.39 is 0 Å². The molecule has 1 N–H and O–H groups in total. The highest BCUT2D eigenvalue weighted by atomic mass is 127. The Hall–Kier alpha value is -1.18. The van der Waals surface area contributed by atoms with Gasteiger partial charge >= 0.3 is 6.01 Å². The molecule has 0 aliphatic carbocycles. The lowest BCUT2D eigenvalue weighted by Crippen LogP contribution is -2.00. The quantitative estimate of drug-likeness (QED) is 0.858. The summed E-state index contributed by atoms with van der Waals surface area (Å²) in [4.78, 5) is 7.61. The third-order valence-corrected chi connectivity index (χ3v) is 2.93. The molecule has 0 aromatic carbocycles. The number of aromatic nitrogens is 4. The molecule has 0 atom stereocenters. The van der Waals surface area contributed by atoms with Crippen molar-refractivity contribution < 1.29 is 5.11 Å². The highest BCUT2D eigenvalue weighted by Gasteiger charge is 2.11. The van der Waals surface area contributed by atoms with Crippen LogP contribution in [0.5, 0.6) is 6.01 Å². The second-order valence-corrected chi connectivity index (χ2v) is 4.67. The summed E-state index contributed by atoms with van der Waals surface area (Å²) >= 11 is 2.16. The van der Waals surface area contributed by atoms with Gasteiger partial charge in [-0.15, -0.1) is 0 Å². The van der Waals surface area contributed by atoms with Crippen molar-refractivity contribution >= 4 is 22.6 Å². The maximum Gasteiger partial charge on any atom is 0.314 e. The van der Waals surface area contributed by atoms with Gasteiger partial charge in [0.2, 0.25) is 0 Å². The first-order valence-corrected chi connectivity index (χ1v) is 5.93. The number of rotatable bonds is 2. The fraction of sp³-hybridized carbons (Fsp3) is 0.300. The minimum absolute atomic E-state index is 0.217. The van der Waals surface area contributed by atoms with Crippen LogP contribution in [-0.2, 0) is 0 Å². The molecular weight excluding hydrogens is 319 g/mol. The Balaban J connectivity index is 2.48. The summed E-state index contributed by atoms with van der Waals surface area (Å²) in [6.45, 7) is 4.12. The summed E-state index contributed by atoms with van der Waals surface area (Å²) in [7, 11) is 0. The summed E-state index contributed by atoms with van der Waals surface area (Å²) in [6, 6.07) is 1.84. The Bertz CT molecular complexity index is 509. The molecule has 0 amide bonds. The van der Waals surface area contributed by atoms with Gasteiger partial charge in [0.05, 0.1) is 11.3 Å². The second kappa shape index (κ2) is 4.36. The molecule has 0 bridgehead atoms. The van der Waals surface area contributed by atoms with E-state index in [1.807, 2.05) is 10.9 Å². The van der Waals surface area contributed by atoms with E-state index >= 15 is 0 Å². The minimum atomic E-state index is -0.217. The molecule has 0 aliphatic heterocycles. The van der Waals surface area contributed by atoms with E-state index in [1.54, 1.807) is 6.07 Å². The summed E-state index contributed by atoms with van der Waals surface area (Å²) in [5.41, 5.74) is 1.59. The molecule has 0 fully saturated rings. The molecule has 0 radical (unpaired) electrons. The van der Waals surface area contributed by atoms with Crippen molar-refractivity contribution in [3.05, 3.63) is 22.2 Å². The van der Waals surface area contributed by atoms with E-state index in [1.165, 1.54) is 6.20 Å². The smallest absolute Gasteiger partial charge is 0.314 e. The van der Waals surface area contributed by atoms with E-state index in [2.05, 4.69) is 51.5 Å². The van der Waals surface area contributed by atoms with E-state index in [0.29, 0.717) is 11.7 Å². The first-order valence-electron chi connectivity index (χ1n) is 4.85. The second-order valence-electron chi connectivity index (χ2n) is 3.65. The lowest BCUT2D eigenvalue weighted by Gasteiger charge is -2.02. The zero-order valence-corrected chi connectivity index (χ0v) is 11.1. The van der Waals surface area contributed by atoms with Crippen LogP contribution in [0.15, 0.2) is 18.5 Å². The van der Waals surface area contributed by atoms with Crippen molar-refractivity contribution in [1.29, 1.82) is 0 Å². The Labute approximate surface area is 107 Å². The fourth-order valence-electron chi connectivity index (χ4n) is 1.30. The van der Waals surface area contributed by atoms with Crippen LogP contribution in [-0.4, -0.2) is 24.9 Å². The molecule has 0 aliphatic rings. The van der Waals surface area contributed by atoms with Crippen LogP contribution in [0.3, 0.4) is 0 Å². The van der Waals surface area contributed by atoms with Crippen molar-refractivity contribution in [2.45, 2.75) is 19.9 Å². The van der Waals surface area contributed by atoms with Crippen LogP contribution in [0, 0.1) is 3.70 Å². The van der Waals surface area contributed by atoms with Gasteiger partial charge in [0.25, 0.3) is 0 Å². The number of hydrogen-bond acceptors (Lipinski definition) is 4. The molecule has 0 spiro atoms. The summed E-state index contributed by atoms with van der Waals surface area (Å²) in [5.74, 6) is 0. The summed E-state index contributed by atoms with van der Waals surface area (Å²) in [5, 5.41) is 13.6. The van der Waals surface area contributed by atoms with Gasteiger partial charge < -0.3 is 5.11 Å². The SMILES string of the molecule is CC(C)n1cc(-c2ccnc(O)n2)c(I)n1. The van der Waals surface area contributed by atoms with Gasteiger partial charge in [-0.1, -0.05) is 0 Å². The molecule has 2 aromatic rings. The van der Waals surface area contributed by atoms with E-state index in [0.717, 1.165) is 9.26 Å². The van der Waals surface area contributed by atoms with Gasteiger partial charge in [0, 0.05) is 18.4 Å². The molecule has 2 aromatic heterocycles. The molecule has 2 rings (SSSR count). The molecule has 84 valence electrons. The topological polar surface area (TPSA) is 63.8 Å². The number of nitrogens with zero attached hydrogens (tertiary/aromatic N) is 4. The Morgan fingerprint density at radius 1 is 1.44 bits per heavy atom. The van der Waals surface area contributed by atoms with Crippen LogP contribution in [0.25, 0.3) is 11.3 Å². The molecule has 0 unspecified atom stereocenters. The van der Waals surface area contributed by atoms with Gasteiger partial charge in [0.15, 0.2) is 0 Å². The van der Waals surface area contributed by atoms with Crippen molar-refractivity contribution in [1.82, 2.24) is 19.7 Å². The maximum atomic E-state index is 9.23. The highest BCUT2D eigenvalue weighted by Crippen LogP contribution is 2.24. The Morgan fingerprint density at radius 2 is 2.19 bits per heavy atom. The zero-order chi connectivity index (χ0) is 11.7. The van der Waals surface area contributed by atoms with Gasteiger partial charge in [-0.25, -0.2) is 4.98 Å². The normalized spacial score (nSPS) is 11.0. The summed E-state index contributed by atoms with van der Waals surface area (Å²) < 4.78 is 2.74. The lowest BCUT2D eigenvalue weighted by atomic mass is 10.2. The third-order valence-electron chi connectivity index (χ3n) is 2.13. The molecule has 0 saturated heterocycles. The zero-order valence-electron chi connectivity index (χ0n) is 8.92. The van der Waals surface area contributed by atoms with Crippen LogP contribution < -0.4 is 0 Å². The first-order chi connectivity index (χ1) is 7.58. The molecule has 5 nitrogen and oxygen atoms in total. The van der Waals surface area contributed by atoms with Crippen molar-refractivity contribution in [2.75, 3.05) is 0 Å². The van der Waals surface area contributed by atoms with Crippen LogP contribution in [0.4, 0.5) is 0 Å². The fourth-order valence-corrected chi connectivity index (χ4v) is 1.97. The van der Waals surface area contributed by atoms with Crippen LogP contribution in [0.2, 0.25) is 0 Å². The monoisotopic (exact) mass is 330 g/mol. The molecule has 0 saturated carbocycles. The third kappa shape index (κ3) is 2.16. The van der Waals surface area contributed by atoms with Crippen LogP contribution in [0.1, 0.15) is 19.9 Å². The standard InChI is InChI=1S/C10H11IN4O/c1-6(2)15-5-7(9(11)14-15)8-3-4-12-10(16)13-8/h3-6H,1-2H3,(H,12,13,16). The van der Waals surface area contributed by atoms with Gasteiger partial charge in [-0.3, -0.25) is 4.68 Å². The lowest BCUT2D eigenvalue weighted by molar-refractivity contribution is 0.431. The van der Waals surface area contributed by atoms with Crippen molar-refractivity contribution in [2.24, 2.45) is 0 Å². The van der Waals surface area contributed by atoms with Crippen LogP contribution >= 0.6 is 22.6 Å². The van der Waals surface area contributed by atoms with E-state index in [-0.39, 0.29) is 6.01 Å². The Morgan fingerprint density at radius 3 is 2.75 bits per heavy atom. The van der Waals surface area contributed by atoms with Crippen molar-refractivity contribution in [3.8, 4) is 17.3 Å². The van der Waals surface area contributed by atoms with Gasteiger partial charge in [0.1, 0.15) is 3.70 Å². The highest BCUT2D eigenvalue weighted by molar-refractivity contribution is 14.1. The van der Waals surface area contributed by atoms with E-state index in [9.17, 15) is 5.11 Å². The minimum Gasteiger partial charge on any atom is -0.479 e. The van der Waals surface area contributed by atoms with Crippen molar-refractivity contribution in [3.63, 3.8) is 0 Å². The van der Waals surface area contributed by atoms with Gasteiger partial charge in [-0.05, 0) is 42.5 Å². The average molecular weight is 330 g/mol. The number of hydrogen-bond donors (Lipinski definition) is 1. The van der Waals surface area contributed by atoms with E-state index in [4.69, 9.17) is 0 Å². The maximum absolute atomic E-state index is 9.23. The molecule has 2 heterocycles. The first kappa shape index (κ1) is 11.3. The molecular formula is C10H11IN4O.